The minimum absolute atomic E-state index is 0.260. The highest BCUT2D eigenvalue weighted by Gasteiger charge is 2.20. The first kappa shape index (κ1) is 16.4. The summed E-state index contributed by atoms with van der Waals surface area (Å²) in [6.07, 6.45) is 1.72. The zero-order chi connectivity index (χ0) is 17.3. The lowest BCUT2D eigenvalue weighted by atomic mass is 10.2. The summed E-state index contributed by atoms with van der Waals surface area (Å²) in [5.41, 5.74) is 1.12. The molecule has 0 atom stereocenters. The Morgan fingerprint density at radius 1 is 1.33 bits per heavy atom. The second kappa shape index (κ2) is 6.59. The average Bonchev–Trinajstić information content (AvgIpc) is 2.92. The maximum absolute atomic E-state index is 12.4. The van der Waals surface area contributed by atoms with Crippen LogP contribution >= 0.6 is 22.9 Å². The number of benzene rings is 1. The molecule has 0 fully saturated rings. The summed E-state index contributed by atoms with van der Waals surface area (Å²) in [5, 5.41) is 0.694. The van der Waals surface area contributed by atoms with Gasteiger partial charge in [-0.1, -0.05) is 41.9 Å². The van der Waals surface area contributed by atoms with Crippen LogP contribution in [0.1, 0.15) is 26.6 Å². The van der Waals surface area contributed by atoms with Crippen molar-refractivity contribution in [1.29, 1.82) is 0 Å². The van der Waals surface area contributed by atoms with Gasteiger partial charge in [-0.15, -0.1) is 11.3 Å². The number of fused-ring (bicyclic) bond motifs is 1. The van der Waals surface area contributed by atoms with Crippen molar-refractivity contribution < 1.29 is 9.53 Å². The fraction of sp³-hybridized carbons (Fsp3) is 0.118. The third-order valence-electron chi connectivity index (χ3n) is 3.49. The number of halogens is 1. The van der Waals surface area contributed by atoms with Crippen molar-refractivity contribution in [2.24, 2.45) is 0 Å². The number of esters is 1. The predicted molar refractivity (Wildman–Crippen MR) is 96.5 cm³/mol. The molecule has 0 saturated carbocycles. The van der Waals surface area contributed by atoms with Crippen LogP contribution < -0.4 is 5.56 Å². The molecule has 0 bridgehead atoms. The molecule has 122 valence electrons. The highest BCUT2D eigenvalue weighted by Crippen LogP contribution is 2.29. The van der Waals surface area contributed by atoms with Crippen LogP contribution in [0, 0.1) is 6.92 Å². The summed E-state index contributed by atoms with van der Waals surface area (Å²) < 4.78 is 4.74. The van der Waals surface area contributed by atoms with E-state index >= 15 is 0 Å². The maximum Gasteiger partial charge on any atom is 0.348 e. The Balaban J connectivity index is 2.13. The van der Waals surface area contributed by atoms with Crippen molar-refractivity contribution in [2.75, 3.05) is 7.11 Å². The third kappa shape index (κ3) is 2.98. The summed E-state index contributed by atoms with van der Waals surface area (Å²) in [6, 6.07) is 9.47. The summed E-state index contributed by atoms with van der Waals surface area (Å²) in [4.78, 5) is 32.0. The van der Waals surface area contributed by atoms with Gasteiger partial charge in [-0.25, -0.2) is 9.78 Å². The standard InChI is InChI=1S/C17H13ClN2O3S/c1-9-12-15(21)19-14(11(18)8-10-6-4-3-5-7-10)20-16(12)24-13(9)17(22)23-2/h3-8H,1-2H3,(H,19,20,21)/b11-8-. The molecule has 0 unspecified atom stereocenters. The third-order valence-corrected chi connectivity index (χ3v) is 4.94. The van der Waals surface area contributed by atoms with Gasteiger partial charge < -0.3 is 9.72 Å². The maximum atomic E-state index is 12.4. The van der Waals surface area contributed by atoms with Gasteiger partial charge in [-0.3, -0.25) is 4.79 Å². The predicted octanol–water partition coefficient (Wildman–Crippen LogP) is 3.82. The monoisotopic (exact) mass is 360 g/mol. The molecule has 24 heavy (non-hydrogen) atoms. The van der Waals surface area contributed by atoms with E-state index in [9.17, 15) is 9.59 Å². The first-order chi connectivity index (χ1) is 11.5. The van der Waals surface area contributed by atoms with Crippen LogP contribution in [0.5, 0.6) is 0 Å². The van der Waals surface area contributed by atoms with Gasteiger partial charge in [0, 0.05) is 0 Å². The number of aryl methyl sites for hydroxylation is 1. The number of nitrogens with zero attached hydrogens (tertiary/aromatic N) is 1. The highest BCUT2D eigenvalue weighted by atomic mass is 35.5. The molecule has 0 radical (unpaired) electrons. The van der Waals surface area contributed by atoms with E-state index in [1.165, 1.54) is 7.11 Å². The van der Waals surface area contributed by atoms with E-state index in [-0.39, 0.29) is 11.4 Å². The number of nitrogens with one attached hydrogen (secondary N) is 1. The molecule has 2 heterocycles. The highest BCUT2D eigenvalue weighted by molar-refractivity contribution is 7.20. The molecule has 0 saturated heterocycles. The van der Waals surface area contributed by atoms with E-state index in [1.807, 2.05) is 30.3 Å². The number of hydrogen-bond donors (Lipinski definition) is 1. The van der Waals surface area contributed by atoms with Crippen LogP contribution in [0.4, 0.5) is 0 Å². The fourth-order valence-corrected chi connectivity index (χ4v) is 3.62. The molecule has 5 nitrogen and oxygen atoms in total. The number of rotatable bonds is 3. The van der Waals surface area contributed by atoms with Gasteiger partial charge in [0.2, 0.25) is 0 Å². The van der Waals surface area contributed by atoms with Crippen LogP contribution in [0.25, 0.3) is 21.3 Å². The SMILES string of the molecule is COC(=O)c1sc2nc(/C(Cl)=C/c3ccccc3)[nH]c(=O)c2c1C. The minimum Gasteiger partial charge on any atom is -0.465 e. The Hall–Kier alpha value is -2.44. The second-order valence-electron chi connectivity index (χ2n) is 5.05. The lowest BCUT2D eigenvalue weighted by molar-refractivity contribution is 0.0605. The molecule has 0 aliphatic heterocycles. The number of carbonyl (C=O) groups excluding carboxylic acids is 1. The van der Waals surface area contributed by atoms with Gasteiger partial charge in [0.05, 0.1) is 17.5 Å². The van der Waals surface area contributed by atoms with Crippen molar-refractivity contribution in [2.45, 2.75) is 6.92 Å². The van der Waals surface area contributed by atoms with E-state index in [2.05, 4.69) is 9.97 Å². The number of aromatic nitrogens is 2. The normalized spacial score (nSPS) is 11.7. The molecule has 7 heteroatoms. The summed E-state index contributed by atoms with van der Waals surface area (Å²) >= 11 is 7.41. The second-order valence-corrected chi connectivity index (χ2v) is 6.45. The van der Waals surface area contributed by atoms with Crippen LogP contribution in [-0.2, 0) is 4.74 Å². The van der Waals surface area contributed by atoms with E-state index in [0.717, 1.165) is 16.9 Å². The average molecular weight is 361 g/mol. The molecular weight excluding hydrogens is 348 g/mol. The topological polar surface area (TPSA) is 72.0 Å². The molecule has 0 aliphatic carbocycles. The number of thiophene rings is 1. The molecule has 3 rings (SSSR count). The lowest BCUT2D eigenvalue weighted by Gasteiger charge is -2.00. The number of carbonyl (C=O) groups is 1. The Labute approximate surface area is 146 Å². The van der Waals surface area contributed by atoms with Gasteiger partial charge in [0.1, 0.15) is 9.71 Å². The smallest absolute Gasteiger partial charge is 0.348 e. The number of hydrogen-bond acceptors (Lipinski definition) is 5. The molecule has 2 aromatic heterocycles. The number of ether oxygens (including phenoxy) is 1. The van der Waals surface area contributed by atoms with Crippen LogP contribution in [0.2, 0.25) is 0 Å². The summed E-state index contributed by atoms with van der Waals surface area (Å²) in [7, 11) is 1.30. The number of aromatic amines is 1. The van der Waals surface area contributed by atoms with E-state index < -0.39 is 5.97 Å². The van der Waals surface area contributed by atoms with E-state index in [1.54, 1.807) is 13.0 Å². The lowest BCUT2D eigenvalue weighted by Crippen LogP contribution is -2.10. The van der Waals surface area contributed by atoms with Crippen molar-refractivity contribution in [1.82, 2.24) is 9.97 Å². The zero-order valence-electron chi connectivity index (χ0n) is 12.9. The molecule has 1 N–H and O–H groups in total. The first-order valence-electron chi connectivity index (χ1n) is 7.05. The van der Waals surface area contributed by atoms with Gasteiger partial charge in [-0.05, 0) is 24.1 Å². The molecule has 0 aliphatic rings. The first-order valence-corrected chi connectivity index (χ1v) is 8.25. The van der Waals surface area contributed by atoms with Crippen molar-refractivity contribution in [3.8, 4) is 0 Å². The van der Waals surface area contributed by atoms with E-state index in [0.29, 0.717) is 25.7 Å². The van der Waals surface area contributed by atoms with Crippen LogP contribution in [0.3, 0.4) is 0 Å². The van der Waals surface area contributed by atoms with Crippen molar-refractivity contribution in [3.05, 3.63) is 62.5 Å². The number of methoxy groups -OCH3 is 1. The van der Waals surface area contributed by atoms with Gasteiger partial charge in [0.15, 0.2) is 5.82 Å². The Kier molecular flexibility index (Phi) is 4.51. The van der Waals surface area contributed by atoms with Crippen molar-refractivity contribution >= 4 is 50.2 Å². The molecule has 0 amide bonds. The van der Waals surface area contributed by atoms with E-state index in [4.69, 9.17) is 16.3 Å². The van der Waals surface area contributed by atoms with Crippen LogP contribution in [0.15, 0.2) is 35.1 Å². The van der Waals surface area contributed by atoms with Crippen LogP contribution in [-0.4, -0.2) is 23.0 Å². The number of H-pyrrole nitrogens is 1. The zero-order valence-corrected chi connectivity index (χ0v) is 14.5. The molecule has 1 aromatic carbocycles. The van der Waals surface area contributed by atoms with Crippen molar-refractivity contribution in [3.63, 3.8) is 0 Å². The Bertz CT molecular complexity index is 1010. The van der Waals surface area contributed by atoms with Gasteiger partial charge >= 0.3 is 5.97 Å². The Morgan fingerprint density at radius 3 is 2.71 bits per heavy atom. The summed E-state index contributed by atoms with van der Waals surface area (Å²) in [6.45, 7) is 1.70. The van der Waals surface area contributed by atoms with Gasteiger partial charge in [0.25, 0.3) is 5.56 Å². The van der Waals surface area contributed by atoms with Gasteiger partial charge in [-0.2, -0.15) is 0 Å². The molecule has 0 spiro atoms. The molecular formula is C17H13ClN2O3S. The minimum atomic E-state index is -0.484. The fourth-order valence-electron chi connectivity index (χ4n) is 2.31. The largest absolute Gasteiger partial charge is 0.465 e. The summed E-state index contributed by atoms with van der Waals surface area (Å²) in [5.74, 6) is -0.224. The quantitative estimate of drug-likeness (QED) is 0.721. The molecule has 3 aromatic rings. The Morgan fingerprint density at radius 2 is 2.04 bits per heavy atom.